The summed E-state index contributed by atoms with van der Waals surface area (Å²) in [5.41, 5.74) is 19.1. The average molecular weight is 889 g/mol. The van der Waals surface area contributed by atoms with E-state index in [2.05, 4.69) is 164 Å². The van der Waals surface area contributed by atoms with Crippen LogP contribution in [0.2, 0.25) is 0 Å². The van der Waals surface area contributed by atoms with E-state index in [1.54, 1.807) is 0 Å². The Morgan fingerprint density at radius 1 is 0.433 bits per heavy atom. The van der Waals surface area contributed by atoms with Crippen LogP contribution in [-0.2, 0) is 18.9 Å². The Morgan fingerprint density at radius 3 is 1.19 bits per heavy atom. The largest absolute Gasteiger partial charge is 0.491 e. The molecule has 3 aromatic heterocycles. The Hall–Kier alpha value is -6.88. The summed E-state index contributed by atoms with van der Waals surface area (Å²) in [6.45, 7) is 10.8. The number of nitrogens with zero attached hydrogens (tertiary/aromatic N) is 2. The van der Waals surface area contributed by atoms with Crippen LogP contribution in [0.25, 0.3) is 90.9 Å². The smallest absolute Gasteiger partial charge is 0.119 e. The lowest BCUT2D eigenvalue weighted by Gasteiger charge is -2.19. The number of aryl methyl sites for hydroxylation is 3. The minimum Gasteiger partial charge on any atom is -0.491 e. The van der Waals surface area contributed by atoms with Crippen molar-refractivity contribution in [3.63, 3.8) is 0 Å². The van der Waals surface area contributed by atoms with E-state index in [-0.39, 0.29) is 6.10 Å². The summed E-state index contributed by atoms with van der Waals surface area (Å²) in [5, 5.41) is 0. The molecule has 0 radical (unpaired) electrons. The molecule has 0 saturated carbocycles. The summed E-state index contributed by atoms with van der Waals surface area (Å²) in [4.78, 5) is 18.7. The minimum atomic E-state index is -0.218. The van der Waals surface area contributed by atoms with Crippen molar-refractivity contribution in [2.75, 3.05) is 52.9 Å². The van der Waals surface area contributed by atoms with Crippen molar-refractivity contribution >= 4 is 46.4 Å². The summed E-state index contributed by atoms with van der Waals surface area (Å²) < 4.78 is 29.9. The van der Waals surface area contributed by atoms with Gasteiger partial charge in [0, 0.05) is 70.7 Å². The number of nitrogens with one attached hydrogen (secondary N) is 2. The predicted molar refractivity (Wildman–Crippen MR) is 272 cm³/mol. The van der Waals surface area contributed by atoms with Crippen LogP contribution in [0.4, 0.5) is 0 Å². The number of hydrogen-bond donors (Lipinski definition) is 2. The average Bonchev–Trinajstić information content (AvgIpc) is 4.20. The summed E-state index contributed by atoms with van der Waals surface area (Å²) in [5.74, 6) is 0.744. The molecule has 1 atom stereocenters. The maximum absolute atomic E-state index is 6.37. The monoisotopic (exact) mass is 888 g/mol. The first-order chi connectivity index (χ1) is 32.9. The first-order valence-corrected chi connectivity index (χ1v) is 23.4. The number of fused-ring (bicyclic) bond motifs is 8. The Balaban J connectivity index is 1.13. The highest BCUT2D eigenvalue weighted by Gasteiger charge is 2.20. The fraction of sp³-hybridized carbons (Fsp3) is 0.241. The van der Waals surface area contributed by atoms with Crippen LogP contribution in [0.3, 0.4) is 0 Å². The molecule has 2 N–H and O–H groups in total. The van der Waals surface area contributed by atoms with Gasteiger partial charge < -0.3 is 33.7 Å². The van der Waals surface area contributed by atoms with Gasteiger partial charge in [0.05, 0.1) is 42.6 Å². The Kier molecular flexibility index (Phi) is 13.3. The van der Waals surface area contributed by atoms with E-state index in [0.717, 1.165) is 108 Å². The molecular formula is C58H56N4O5. The lowest BCUT2D eigenvalue weighted by molar-refractivity contribution is -0.0516. The van der Waals surface area contributed by atoms with Crippen molar-refractivity contribution in [2.45, 2.75) is 39.7 Å². The van der Waals surface area contributed by atoms with Gasteiger partial charge in [0.1, 0.15) is 18.5 Å². The summed E-state index contributed by atoms with van der Waals surface area (Å²) >= 11 is 0. The molecule has 0 aliphatic carbocycles. The third kappa shape index (κ3) is 10.1. The van der Waals surface area contributed by atoms with Crippen molar-refractivity contribution in [2.24, 2.45) is 0 Å². The first kappa shape index (κ1) is 44.0. The highest BCUT2D eigenvalue weighted by atomic mass is 16.6. The molecule has 9 heteroatoms. The lowest BCUT2D eigenvalue weighted by atomic mass is 10.0. The van der Waals surface area contributed by atoms with Gasteiger partial charge in [0.25, 0.3) is 0 Å². The molecule has 3 aliphatic heterocycles. The third-order valence-corrected chi connectivity index (χ3v) is 12.4. The van der Waals surface area contributed by atoms with E-state index in [4.69, 9.17) is 33.7 Å². The molecule has 338 valence electrons. The van der Waals surface area contributed by atoms with E-state index >= 15 is 0 Å². The van der Waals surface area contributed by atoms with Crippen molar-refractivity contribution in [1.82, 2.24) is 19.9 Å². The first-order valence-electron chi connectivity index (χ1n) is 23.4. The molecule has 7 aromatic rings. The highest BCUT2D eigenvalue weighted by molar-refractivity contribution is 5.99. The molecule has 6 heterocycles. The van der Waals surface area contributed by atoms with Crippen LogP contribution < -0.4 is 4.74 Å². The van der Waals surface area contributed by atoms with Crippen LogP contribution in [-0.4, -0.2) is 78.9 Å². The molecule has 8 bridgehead atoms. The van der Waals surface area contributed by atoms with E-state index in [9.17, 15) is 0 Å². The molecule has 0 spiro atoms. The van der Waals surface area contributed by atoms with Gasteiger partial charge in [0.15, 0.2) is 0 Å². The zero-order valence-corrected chi connectivity index (χ0v) is 38.4. The van der Waals surface area contributed by atoms with Gasteiger partial charge in [-0.1, -0.05) is 102 Å². The van der Waals surface area contributed by atoms with Crippen molar-refractivity contribution in [3.8, 4) is 50.3 Å². The van der Waals surface area contributed by atoms with Gasteiger partial charge in [0.2, 0.25) is 0 Å². The maximum Gasteiger partial charge on any atom is 0.119 e. The van der Waals surface area contributed by atoms with Crippen molar-refractivity contribution in [3.05, 3.63) is 161 Å². The fourth-order valence-electron chi connectivity index (χ4n) is 8.84. The third-order valence-electron chi connectivity index (χ3n) is 12.4. The second-order valence-electron chi connectivity index (χ2n) is 17.4. The Morgan fingerprint density at radius 2 is 0.791 bits per heavy atom. The molecule has 1 unspecified atom stereocenters. The van der Waals surface area contributed by atoms with Crippen LogP contribution in [0.15, 0.2) is 121 Å². The number of hydrogen-bond acceptors (Lipinski definition) is 7. The van der Waals surface area contributed by atoms with E-state index in [1.165, 1.54) is 16.7 Å². The number of H-pyrrole nitrogens is 2. The predicted octanol–water partition coefficient (Wildman–Crippen LogP) is 12.9. The number of benzene rings is 4. The van der Waals surface area contributed by atoms with Crippen molar-refractivity contribution in [1.29, 1.82) is 0 Å². The topological polar surface area (TPSA) is 104 Å². The number of aromatic nitrogens is 4. The number of aromatic amines is 2. The zero-order valence-electron chi connectivity index (χ0n) is 38.4. The second kappa shape index (κ2) is 20.3. The van der Waals surface area contributed by atoms with Crippen molar-refractivity contribution < 1.29 is 23.7 Å². The maximum atomic E-state index is 6.37. The lowest BCUT2D eigenvalue weighted by Crippen LogP contribution is -2.28. The van der Waals surface area contributed by atoms with Gasteiger partial charge in [-0.05, 0) is 117 Å². The fourth-order valence-corrected chi connectivity index (χ4v) is 8.84. The van der Waals surface area contributed by atoms with Crippen LogP contribution >= 0.6 is 0 Å². The highest BCUT2D eigenvalue weighted by Crippen LogP contribution is 2.39. The van der Waals surface area contributed by atoms with Crippen LogP contribution in [0.5, 0.6) is 5.75 Å². The molecule has 9 nitrogen and oxygen atoms in total. The van der Waals surface area contributed by atoms with Gasteiger partial charge in [-0.2, -0.15) is 0 Å². The number of rotatable bonds is 7. The molecule has 3 aliphatic rings. The molecule has 10 rings (SSSR count). The summed E-state index contributed by atoms with van der Waals surface area (Å²) in [6, 6.07) is 43.0. The van der Waals surface area contributed by atoms with Gasteiger partial charge >= 0.3 is 0 Å². The quantitative estimate of drug-likeness (QED) is 0.164. The van der Waals surface area contributed by atoms with E-state index < -0.39 is 0 Å². The molecule has 4 aromatic carbocycles. The van der Waals surface area contributed by atoms with Gasteiger partial charge in [-0.3, -0.25) is 0 Å². The molecule has 1 fully saturated rings. The standard InChI is InChI=1S/C58H56N4O5/c1-38-6-12-41(13-7-38)55-47-22-24-49(59-47)56(42-14-8-39(2)9-15-42)51-26-28-53(61-51)58(54-29-27-52(62-54)57(50-25-23-48(55)60-50)43-16-10-40(3)11-17-43)44-18-20-45(21-19-44)67-37-46-36-65-32-4-30-63-34-35-64-31-5-33-66-46/h6-29,46,59,62H,4-5,30-37H2,1-3H3. The van der Waals surface area contributed by atoms with E-state index in [1.807, 2.05) is 12.1 Å². The van der Waals surface area contributed by atoms with Gasteiger partial charge in [-0.25, -0.2) is 9.97 Å². The Bertz CT molecular complexity index is 3020. The summed E-state index contributed by atoms with van der Waals surface area (Å²) in [6.07, 6.45) is 9.95. The minimum absolute atomic E-state index is 0.218. The molecule has 67 heavy (non-hydrogen) atoms. The van der Waals surface area contributed by atoms with Gasteiger partial charge in [-0.15, -0.1) is 0 Å². The second-order valence-corrected chi connectivity index (χ2v) is 17.4. The SMILES string of the molecule is Cc1ccc(-c2c3nc(c(-c4ccc(C)cc4)c4ccc([nH]4)c(-c4ccc(OCC5COCCCOCCOCCCO5)cc4)c4nc(c(-c5ccc(C)cc5)c5ccc2[nH]5)C=C4)C=C3)cc1. The summed E-state index contributed by atoms with van der Waals surface area (Å²) in [7, 11) is 0. The molecular weight excluding hydrogens is 833 g/mol. The normalized spacial score (nSPS) is 15.9. The number of ether oxygens (including phenoxy) is 5. The zero-order chi connectivity index (χ0) is 45.5. The Labute approximate surface area is 392 Å². The van der Waals surface area contributed by atoms with E-state index in [0.29, 0.717) is 52.9 Å². The van der Waals surface area contributed by atoms with Crippen LogP contribution in [0.1, 0.15) is 52.3 Å². The molecule has 1 saturated heterocycles. The van der Waals surface area contributed by atoms with Crippen LogP contribution in [0, 0.1) is 20.8 Å². The molecule has 0 amide bonds.